The van der Waals surface area contributed by atoms with Crippen molar-refractivity contribution in [1.29, 1.82) is 5.26 Å². The molecule has 0 spiro atoms. The van der Waals surface area contributed by atoms with E-state index in [0.29, 0.717) is 57.4 Å². The maximum atomic E-state index is 13.8. The van der Waals surface area contributed by atoms with Gasteiger partial charge in [-0.05, 0) is 24.6 Å². The number of methoxy groups -OCH3 is 1. The third-order valence-corrected chi connectivity index (χ3v) is 6.48. The van der Waals surface area contributed by atoms with Gasteiger partial charge in [-0.25, -0.2) is 4.98 Å². The molecule has 4 aromatic rings. The van der Waals surface area contributed by atoms with E-state index in [1.807, 2.05) is 4.90 Å². The van der Waals surface area contributed by atoms with Crippen LogP contribution in [0.4, 0.5) is 19.0 Å². The van der Waals surface area contributed by atoms with Crippen molar-refractivity contribution in [2.45, 2.75) is 19.2 Å². The number of halogens is 4. The van der Waals surface area contributed by atoms with Gasteiger partial charge in [0.25, 0.3) is 0 Å². The quantitative estimate of drug-likeness (QED) is 0.397. The number of pyridine rings is 1. The van der Waals surface area contributed by atoms with Crippen LogP contribution in [0.5, 0.6) is 5.75 Å². The molecule has 0 saturated carbocycles. The molecule has 1 aliphatic rings. The zero-order valence-corrected chi connectivity index (χ0v) is 20.4. The lowest BCUT2D eigenvalue weighted by molar-refractivity contribution is -0.141. The number of anilines is 1. The van der Waals surface area contributed by atoms with Gasteiger partial charge in [-0.2, -0.15) is 28.0 Å². The second-order valence-electron chi connectivity index (χ2n) is 8.42. The molecule has 37 heavy (non-hydrogen) atoms. The summed E-state index contributed by atoms with van der Waals surface area (Å²) in [5.41, 5.74) is -0.125. The summed E-state index contributed by atoms with van der Waals surface area (Å²) in [4.78, 5) is 10.6. The van der Waals surface area contributed by atoms with Crippen molar-refractivity contribution < 1.29 is 27.8 Å². The topological polar surface area (TPSA) is 109 Å². The first kappa shape index (κ1) is 25.0. The molecule has 13 heteroatoms. The number of aryl methyl sites for hydroxylation is 1. The van der Waals surface area contributed by atoms with Gasteiger partial charge in [-0.1, -0.05) is 17.7 Å². The van der Waals surface area contributed by atoms with Crippen molar-refractivity contribution in [3.8, 4) is 22.9 Å². The van der Waals surface area contributed by atoms with Gasteiger partial charge in [0.2, 0.25) is 0 Å². The number of ether oxygens (including phenoxy) is 2. The Hall–Kier alpha value is -3.66. The monoisotopic (exact) mass is 532 g/mol. The third kappa shape index (κ3) is 4.09. The van der Waals surface area contributed by atoms with E-state index < -0.39 is 17.4 Å². The van der Waals surface area contributed by atoms with E-state index in [2.05, 4.69) is 15.1 Å². The van der Waals surface area contributed by atoms with E-state index in [9.17, 15) is 18.4 Å². The molecule has 0 amide bonds. The SMILES string of the molecule is COc1c(Cl)ccc2c(-c3c(C)nc4c(C#N)c(C(F)(F)F)nn4c3N3CC(OCCO)C3)ccnc12. The van der Waals surface area contributed by atoms with Gasteiger partial charge in [0.1, 0.15) is 23.0 Å². The van der Waals surface area contributed by atoms with Crippen molar-refractivity contribution in [2.24, 2.45) is 0 Å². The number of alkyl halides is 3. The van der Waals surface area contributed by atoms with E-state index in [-0.39, 0.29) is 25.0 Å². The molecule has 0 bridgehead atoms. The first-order valence-electron chi connectivity index (χ1n) is 11.2. The number of aliphatic hydroxyl groups is 1. The fourth-order valence-electron chi connectivity index (χ4n) is 4.57. The van der Waals surface area contributed by atoms with E-state index in [0.717, 1.165) is 4.52 Å². The Morgan fingerprint density at radius 1 is 1.27 bits per heavy atom. The predicted octanol–water partition coefficient (Wildman–Crippen LogP) is 4.00. The summed E-state index contributed by atoms with van der Waals surface area (Å²) in [6, 6.07) is 6.76. The lowest BCUT2D eigenvalue weighted by Gasteiger charge is -2.41. The van der Waals surface area contributed by atoms with Crippen LogP contribution in [0.1, 0.15) is 17.0 Å². The highest BCUT2D eigenvalue weighted by Gasteiger charge is 2.41. The van der Waals surface area contributed by atoms with Gasteiger partial charge in [-0.3, -0.25) is 4.98 Å². The van der Waals surface area contributed by atoms with Crippen molar-refractivity contribution in [1.82, 2.24) is 19.6 Å². The highest BCUT2D eigenvalue weighted by atomic mass is 35.5. The summed E-state index contributed by atoms with van der Waals surface area (Å²) in [6.45, 7) is 2.34. The molecule has 1 fully saturated rings. The third-order valence-electron chi connectivity index (χ3n) is 6.19. The highest BCUT2D eigenvalue weighted by molar-refractivity contribution is 6.33. The van der Waals surface area contributed by atoms with Crippen molar-refractivity contribution >= 4 is 34.0 Å². The van der Waals surface area contributed by atoms with E-state index in [4.69, 9.17) is 26.2 Å². The normalized spacial score (nSPS) is 14.3. The summed E-state index contributed by atoms with van der Waals surface area (Å²) in [5, 5.41) is 23.5. The predicted molar refractivity (Wildman–Crippen MR) is 129 cm³/mol. The Labute approximate surface area is 213 Å². The number of hydrogen-bond acceptors (Lipinski definition) is 8. The molecule has 9 nitrogen and oxygen atoms in total. The molecule has 0 unspecified atom stereocenters. The molecule has 1 aromatic carbocycles. The largest absolute Gasteiger partial charge is 0.493 e. The van der Waals surface area contributed by atoms with Crippen LogP contribution in [0.15, 0.2) is 24.4 Å². The first-order chi connectivity index (χ1) is 17.7. The smallest absolute Gasteiger partial charge is 0.436 e. The van der Waals surface area contributed by atoms with Gasteiger partial charge in [0.15, 0.2) is 17.1 Å². The molecule has 1 saturated heterocycles. The van der Waals surface area contributed by atoms with Gasteiger partial charge in [0.05, 0.1) is 37.1 Å². The minimum absolute atomic E-state index is 0.143. The second-order valence-corrected chi connectivity index (χ2v) is 8.83. The van der Waals surface area contributed by atoms with Gasteiger partial charge in [-0.15, -0.1) is 0 Å². The van der Waals surface area contributed by atoms with Crippen molar-refractivity contribution in [3.05, 3.63) is 46.4 Å². The minimum Gasteiger partial charge on any atom is -0.493 e. The molecule has 192 valence electrons. The van der Waals surface area contributed by atoms with E-state index in [1.54, 1.807) is 37.4 Å². The molecule has 1 aliphatic heterocycles. The van der Waals surface area contributed by atoms with Crippen LogP contribution in [-0.4, -0.2) is 64.2 Å². The van der Waals surface area contributed by atoms with E-state index in [1.165, 1.54) is 7.11 Å². The van der Waals surface area contributed by atoms with Crippen LogP contribution in [0.25, 0.3) is 27.7 Å². The van der Waals surface area contributed by atoms with Gasteiger partial charge in [0, 0.05) is 30.2 Å². The van der Waals surface area contributed by atoms with Crippen LogP contribution in [0.3, 0.4) is 0 Å². The molecular weight excluding hydrogens is 513 g/mol. The van der Waals surface area contributed by atoms with Crippen LogP contribution in [0, 0.1) is 18.3 Å². The number of aliphatic hydroxyl groups excluding tert-OH is 1. The Morgan fingerprint density at radius 2 is 2.03 bits per heavy atom. The Balaban J connectivity index is 1.81. The Bertz CT molecular complexity index is 1560. The average molecular weight is 533 g/mol. The van der Waals surface area contributed by atoms with Crippen molar-refractivity contribution in [3.63, 3.8) is 0 Å². The van der Waals surface area contributed by atoms with Gasteiger partial charge >= 0.3 is 6.18 Å². The second kappa shape index (κ2) is 9.33. The fraction of sp³-hybridized carbons (Fsp3) is 0.333. The minimum atomic E-state index is -4.85. The van der Waals surface area contributed by atoms with Crippen LogP contribution in [0.2, 0.25) is 5.02 Å². The number of hydrogen-bond donors (Lipinski definition) is 1. The zero-order chi connectivity index (χ0) is 26.5. The maximum absolute atomic E-state index is 13.8. The summed E-state index contributed by atoms with van der Waals surface area (Å²) >= 11 is 6.29. The molecular formula is C24H20ClF3N6O3. The molecule has 3 aromatic heterocycles. The molecule has 0 atom stereocenters. The number of nitriles is 1. The van der Waals surface area contributed by atoms with Crippen LogP contribution in [-0.2, 0) is 10.9 Å². The van der Waals surface area contributed by atoms with Crippen LogP contribution < -0.4 is 9.64 Å². The lowest BCUT2D eigenvalue weighted by Crippen LogP contribution is -2.53. The number of nitrogens with zero attached hydrogens (tertiary/aromatic N) is 6. The maximum Gasteiger partial charge on any atom is 0.436 e. The summed E-state index contributed by atoms with van der Waals surface area (Å²) < 4.78 is 53.5. The lowest BCUT2D eigenvalue weighted by atomic mass is 9.98. The number of benzene rings is 1. The van der Waals surface area contributed by atoms with Crippen LogP contribution >= 0.6 is 11.6 Å². The number of rotatable bonds is 6. The summed E-state index contributed by atoms with van der Waals surface area (Å²) in [6.07, 6.45) is -3.53. The fourth-order valence-corrected chi connectivity index (χ4v) is 4.80. The zero-order valence-electron chi connectivity index (χ0n) is 19.7. The highest BCUT2D eigenvalue weighted by Crippen LogP contribution is 2.43. The number of fused-ring (bicyclic) bond motifs is 2. The number of aromatic nitrogens is 4. The summed E-state index contributed by atoms with van der Waals surface area (Å²) in [7, 11) is 1.47. The average Bonchev–Trinajstić information content (AvgIpc) is 3.21. The standard InChI is InChI=1S/C24H20ClF3N6O3/c1-12-18(14-5-6-30-19-15(14)3-4-17(25)20(19)36-2)23(33-10-13(11-33)37-8-7-35)34-22(31-12)16(9-29)21(32-34)24(26,27)28/h3-6,13,35H,7-8,10-11H2,1-2H3. The first-order valence-corrected chi connectivity index (χ1v) is 11.6. The molecule has 4 heterocycles. The van der Waals surface area contributed by atoms with Gasteiger partial charge < -0.3 is 19.5 Å². The molecule has 0 aliphatic carbocycles. The van der Waals surface area contributed by atoms with E-state index >= 15 is 0 Å². The molecule has 1 N–H and O–H groups in total. The van der Waals surface area contributed by atoms with Crippen molar-refractivity contribution in [2.75, 3.05) is 38.3 Å². The summed E-state index contributed by atoms with van der Waals surface area (Å²) in [5.74, 6) is 0.695. The molecule has 5 rings (SSSR count). The Kier molecular flexibility index (Phi) is 6.31. The Morgan fingerprint density at radius 3 is 2.68 bits per heavy atom. The molecule has 0 radical (unpaired) electrons.